The molecule has 0 aliphatic heterocycles. The molecule has 0 radical (unpaired) electrons. The van der Waals surface area contributed by atoms with Crippen LogP contribution in [-0.2, 0) is 0 Å². The predicted molar refractivity (Wildman–Crippen MR) is 80.2 cm³/mol. The van der Waals surface area contributed by atoms with E-state index in [-0.39, 0.29) is 0 Å². The maximum absolute atomic E-state index is 4.31. The molecule has 0 saturated heterocycles. The summed E-state index contributed by atoms with van der Waals surface area (Å²) < 4.78 is 0. The number of aromatic nitrogens is 1. The van der Waals surface area contributed by atoms with E-state index in [0.717, 1.165) is 11.6 Å². The Labute approximate surface area is 114 Å². The third-order valence-electron chi connectivity index (χ3n) is 3.31. The monoisotopic (exact) mass is 259 g/mol. The predicted octanol–water partition coefficient (Wildman–Crippen LogP) is 5.27. The molecule has 0 spiro atoms. The van der Waals surface area contributed by atoms with Crippen LogP contribution >= 0.6 is 11.3 Å². The standard InChI is InChI=1S/C16H21NS/c1-11(2)9-12(3)14-5-7-15(8-6-14)16-13(4)17-10-18-16/h5-8,10-12H,9H2,1-4H3. The number of nitrogens with zero attached hydrogens (tertiary/aromatic N) is 1. The molecule has 18 heavy (non-hydrogen) atoms. The van der Waals surface area contributed by atoms with Crippen molar-refractivity contribution < 1.29 is 0 Å². The molecule has 96 valence electrons. The van der Waals surface area contributed by atoms with Gasteiger partial charge in [-0.05, 0) is 36.3 Å². The second-order valence-corrected chi connectivity index (χ2v) is 6.27. The van der Waals surface area contributed by atoms with Crippen molar-refractivity contribution >= 4 is 11.3 Å². The molecule has 0 aliphatic carbocycles. The van der Waals surface area contributed by atoms with Gasteiger partial charge in [-0.15, -0.1) is 11.3 Å². The quantitative estimate of drug-likeness (QED) is 0.729. The lowest BCUT2D eigenvalue weighted by atomic mass is 9.91. The lowest BCUT2D eigenvalue weighted by molar-refractivity contribution is 0.524. The lowest BCUT2D eigenvalue weighted by Gasteiger charge is -2.14. The Kier molecular flexibility index (Phi) is 4.18. The van der Waals surface area contributed by atoms with Crippen molar-refractivity contribution in [3.05, 3.63) is 41.0 Å². The van der Waals surface area contributed by atoms with Gasteiger partial charge in [0.15, 0.2) is 0 Å². The van der Waals surface area contributed by atoms with Gasteiger partial charge >= 0.3 is 0 Å². The van der Waals surface area contributed by atoms with Gasteiger partial charge in [-0.3, -0.25) is 0 Å². The summed E-state index contributed by atoms with van der Waals surface area (Å²) in [5, 5.41) is 0. The zero-order valence-electron chi connectivity index (χ0n) is 11.6. The fourth-order valence-corrected chi connectivity index (χ4v) is 3.20. The SMILES string of the molecule is Cc1ncsc1-c1ccc(C(C)CC(C)C)cc1. The number of benzene rings is 1. The van der Waals surface area contributed by atoms with Crippen LogP contribution in [0.4, 0.5) is 0 Å². The molecule has 0 bridgehead atoms. The molecule has 1 unspecified atom stereocenters. The Morgan fingerprint density at radius 3 is 2.28 bits per heavy atom. The van der Waals surface area contributed by atoms with Crippen molar-refractivity contribution in [3.8, 4) is 10.4 Å². The summed E-state index contributed by atoms with van der Waals surface area (Å²) in [5.41, 5.74) is 5.77. The maximum atomic E-state index is 4.31. The Morgan fingerprint density at radius 1 is 1.11 bits per heavy atom. The molecule has 1 nitrogen and oxygen atoms in total. The van der Waals surface area contributed by atoms with Crippen LogP contribution in [0.3, 0.4) is 0 Å². The first-order valence-electron chi connectivity index (χ1n) is 6.58. The fourth-order valence-electron chi connectivity index (χ4n) is 2.39. The average Bonchev–Trinajstić information content (AvgIpc) is 2.75. The minimum Gasteiger partial charge on any atom is -0.249 e. The molecule has 2 rings (SSSR count). The van der Waals surface area contributed by atoms with Crippen LogP contribution in [0.15, 0.2) is 29.8 Å². The smallest absolute Gasteiger partial charge is 0.0801 e. The number of hydrogen-bond acceptors (Lipinski definition) is 2. The van der Waals surface area contributed by atoms with Crippen molar-refractivity contribution in [2.45, 2.75) is 40.0 Å². The van der Waals surface area contributed by atoms with Gasteiger partial charge in [0.25, 0.3) is 0 Å². The maximum Gasteiger partial charge on any atom is 0.0801 e. The van der Waals surface area contributed by atoms with E-state index < -0.39 is 0 Å². The minimum absolute atomic E-state index is 0.640. The fraction of sp³-hybridized carbons (Fsp3) is 0.438. The van der Waals surface area contributed by atoms with Crippen molar-refractivity contribution in [3.63, 3.8) is 0 Å². The Bertz CT molecular complexity index is 496. The molecule has 0 amide bonds. The molecule has 0 fully saturated rings. The molecule has 1 heterocycles. The lowest BCUT2D eigenvalue weighted by Crippen LogP contribution is -1.98. The zero-order chi connectivity index (χ0) is 13.1. The van der Waals surface area contributed by atoms with E-state index in [1.165, 1.54) is 22.4 Å². The summed E-state index contributed by atoms with van der Waals surface area (Å²) >= 11 is 1.72. The first-order valence-corrected chi connectivity index (χ1v) is 7.46. The van der Waals surface area contributed by atoms with E-state index in [4.69, 9.17) is 0 Å². The van der Waals surface area contributed by atoms with Crippen LogP contribution in [-0.4, -0.2) is 4.98 Å². The van der Waals surface area contributed by atoms with Crippen LogP contribution in [0.5, 0.6) is 0 Å². The Hall–Kier alpha value is -1.15. The van der Waals surface area contributed by atoms with Crippen molar-refractivity contribution in [2.24, 2.45) is 5.92 Å². The van der Waals surface area contributed by atoms with E-state index in [1.54, 1.807) is 11.3 Å². The second-order valence-electron chi connectivity index (χ2n) is 5.42. The van der Waals surface area contributed by atoms with Crippen molar-refractivity contribution in [1.82, 2.24) is 4.98 Å². The number of thiazole rings is 1. The average molecular weight is 259 g/mol. The van der Waals surface area contributed by atoms with Gasteiger partial charge in [-0.25, -0.2) is 4.98 Å². The van der Waals surface area contributed by atoms with Crippen molar-refractivity contribution in [2.75, 3.05) is 0 Å². The molecular formula is C16H21NS. The molecule has 2 aromatic rings. The summed E-state index contributed by atoms with van der Waals surface area (Å²) in [5.74, 6) is 1.39. The summed E-state index contributed by atoms with van der Waals surface area (Å²) in [6.45, 7) is 8.95. The van der Waals surface area contributed by atoms with E-state index in [1.807, 2.05) is 5.51 Å². The van der Waals surface area contributed by atoms with E-state index in [9.17, 15) is 0 Å². The van der Waals surface area contributed by atoms with Gasteiger partial charge in [0.2, 0.25) is 0 Å². The van der Waals surface area contributed by atoms with Gasteiger partial charge < -0.3 is 0 Å². The molecular weight excluding hydrogens is 238 g/mol. The molecule has 1 aromatic heterocycles. The molecule has 0 saturated carbocycles. The first kappa shape index (κ1) is 13.3. The van der Waals surface area contributed by atoms with Gasteiger partial charge in [-0.2, -0.15) is 0 Å². The van der Waals surface area contributed by atoms with Crippen LogP contribution in [0, 0.1) is 12.8 Å². The highest BCUT2D eigenvalue weighted by molar-refractivity contribution is 7.13. The number of rotatable bonds is 4. The number of hydrogen-bond donors (Lipinski definition) is 0. The van der Waals surface area contributed by atoms with Crippen LogP contribution < -0.4 is 0 Å². The summed E-state index contributed by atoms with van der Waals surface area (Å²) in [6.07, 6.45) is 1.25. The highest BCUT2D eigenvalue weighted by Gasteiger charge is 2.09. The summed E-state index contributed by atoms with van der Waals surface area (Å²) in [7, 11) is 0. The van der Waals surface area contributed by atoms with Gasteiger partial charge in [-0.1, -0.05) is 45.0 Å². The molecule has 2 heteroatoms. The highest BCUT2D eigenvalue weighted by Crippen LogP contribution is 2.29. The normalized spacial score (nSPS) is 12.9. The molecule has 0 aliphatic rings. The number of aryl methyl sites for hydroxylation is 1. The zero-order valence-corrected chi connectivity index (χ0v) is 12.4. The molecule has 0 N–H and O–H groups in total. The third-order valence-corrected chi connectivity index (χ3v) is 4.29. The molecule has 1 aromatic carbocycles. The van der Waals surface area contributed by atoms with Crippen LogP contribution in [0.25, 0.3) is 10.4 Å². The van der Waals surface area contributed by atoms with E-state index >= 15 is 0 Å². The van der Waals surface area contributed by atoms with Crippen LogP contribution in [0.2, 0.25) is 0 Å². The highest BCUT2D eigenvalue weighted by atomic mass is 32.1. The molecule has 1 atom stereocenters. The van der Waals surface area contributed by atoms with E-state index in [0.29, 0.717) is 5.92 Å². The third kappa shape index (κ3) is 2.99. The van der Waals surface area contributed by atoms with E-state index in [2.05, 4.69) is 56.9 Å². The second kappa shape index (κ2) is 5.66. The minimum atomic E-state index is 0.640. The summed E-state index contributed by atoms with van der Waals surface area (Å²) in [6, 6.07) is 8.99. The van der Waals surface area contributed by atoms with Gasteiger partial charge in [0, 0.05) is 0 Å². The van der Waals surface area contributed by atoms with Crippen molar-refractivity contribution in [1.29, 1.82) is 0 Å². The topological polar surface area (TPSA) is 12.9 Å². The summed E-state index contributed by atoms with van der Waals surface area (Å²) in [4.78, 5) is 5.60. The van der Waals surface area contributed by atoms with Gasteiger partial charge in [0.05, 0.1) is 16.1 Å². The first-order chi connectivity index (χ1) is 8.58. The van der Waals surface area contributed by atoms with Crippen LogP contribution in [0.1, 0.15) is 44.4 Å². The Morgan fingerprint density at radius 2 is 1.78 bits per heavy atom. The largest absolute Gasteiger partial charge is 0.249 e. The van der Waals surface area contributed by atoms with Gasteiger partial charge in [0.1, 0.15) is 0 Å². The Balaban J connectivity index is 2.18.